The lowest BCUT2D eigenvalue weighted by Gasteiger charge is -2.03. The van der Waals surface area contributed by atoms with Gasteiger partial charge in [-0.1, -0.05) is 30.3 Å². The normalized spacial score (nSPS) is 11.2. The van der Waals surface area contributed by atoms with E-state index in [2.05, 4.69) is 18.1 Å². The van der Waals surface area contributed by atoms with Gasteiger partial charge in [0.05, 0.1) is 12.0 Å². The quantitative estimate of drug-likeness (QED) is 0.812. The molecule has 2 rings (SSSR count). The third-order valence-corrected chi connectivity index (χ3v) is 2.64. The second kappa shape index (κ2) is 7.91. The first-order valence-corrected chi connectivity index (χ1v) is 6.18. The molecule has 1 aromatic heterocycles. The summed E-state index contributed by atoms with van der Waals surface area (Å²) in [4.78, 5) is 14.8. The Morgan fingerprint density at radius 3 is 2.60 bits per heavy atom. The lowest BCUT2D eigenvalue weighted by Crippen LogP contribution is -2.32. The zero-order valence-electron chi connectivity index (χ0n) is 11.3. The summed E-state index contributed by atoms with van der Waals surface area (Å²) in [7, 11) is 0. The van der Waals surface area contributed by atoms with Crippen LogP contribution in [0.4, 0.5) is 0 Å². The van der Waals surface area contributed by atoms with Crippen LogP contribution >= 0.6 is 0 Å². The van der Waals surface area contributed by atoms with Gasteiger partial charge in [-0.15, -0.1) is 13.2 Å². The minimum Gasteiger partial charge on any atom is -0.480 e. The van der Waals surface area contributed by atoms with E-state index in [1.807, 2.05) is 41.1 Å². The molecule has 0 aliphatic carbocycles. The van der Waals surface area contributed by atoms with Crippen molar-refractivity contribution >= 4 is 5.97 Å². The van der Waals surface area contributed by atoms with Gasteiger partial charge in [-0.25, -0.2) is 4.98 Å². The van der Waals surface area contributed by atoms with Gasteiger partial charge in [-0.3, -0.25) is 4.79 Å². The van der Waals surface area contributed by atoms with E-state index in [1.165, 1.54) is 5.56 Å². The molecule has 20 heavy (non-hydrogen) atoms. The van der Waals surface area contributed by atoms with Gasteiger partial charge in [0.25, 0.3) is 0 Å². The highest BCUT2D eigenvalue weighted by Gasteiger charge is 2.13. The van der Waals surface area contributed by atoms with E-state index >= 15 is 0 Å². The van der Waals surface area contributed by atoms with Crippen molar-refractivity contribution in [1.82, 2.24) is 9.55 Å². The number of carboxylic acids is 1. The number of benzene rings is 1. The standard InChI is InChI=1S/C13H15N3O2.C2H4/c14-12(13(17)18)6-11-8-16(9-15-11)7-10-4-2-1-3-5-10;1-2/h1-5,8-9,12H,6-7,14H2,(H,17,18);1-2H2/t12-;/m0./s1. The van der Waals surface area contributed by atoms with Crippen molar-refractivity contribution in [3.8, 4) is 0 Å². The van der Waals surface area contributed by atoms with Crippen molar-refractivity contribution in [3.63, 3.8) is 0 Å². The summed E-state index contributed by atoms with van der Waals surface area (Å²) in [5.74, 6) is -1.01. The summed E-state index contributed by atoms with van der Waals surface area (Å²) in [5.41, 5.74) is 7.33. The van der Waals surface area contributed by atoms with Gasteiger partial charge in [0.1, 0.15) is 6.04 Å². The number of carbonyl (C=O) groups is 1. The number of nitrogens with two attached hydrogens (primary N) is 1. The van der Waals surface area contributed by atoms with E-state index in [-0.39, 0.29) is 6.42 Å². The first-order valence-electron chi connectivity index (χ1n) is 6.18. The fourth-order valence-corrected chi connectivity index (χ4v) is 1.71. The van der Waals surface area contributed by atoms with Gasteiger partial charge in [0.15, 0.2) is 0 Å². The smallest absolute Gasteiger partial charge is 0.320 e. The second-order valence-corrected chi connectivity index (χ2v) is 4.17. The van der Waals surface area contributed by atoms with Crippen molar-refractivity contribution in [2.24, 2.45) is 5.73 Å². The van der Waals surface area contributed by atoms with Crippen LogP contribution in [0.5, 0.6) is 0 Å². The highest BCUT2D eigenvalue weighted by molar-refractivity contribution is 5.73. The van der Waals surface area contributed by atoms with Crippen LogP contribution < -0.4 is 5.73 Å². The van der Waals surface area contributed by atoms with Crippen molar-refractivity contribution < 1.29 is 9.90 Å². The molecule has 106 valence electrons. The number of hydrogen-bond donors (Lipinski definition) is 2. The highest BCUT2D eigenvalue weighted by atomic mass is 16.4. The maximum atomic E-state index is 10.6. The van der Waals surface area contributed by atoms with Crippen molar-refractivity contribution in [1.29, 1.82) is 0 Å². The Kier molecular flexibility index (Phi) is 6.19. The Balaban J connectivity index is 0.000000956. The molecular formula is C15H19N3O2. The topological polar surface area (TPSA) is 81.1 Å². The van der Waals surface area contributed by atoms with Gasteiger partial charge in [0, 0.05) is 19.2 Å². The molecule has 1 heterocycles. The zero-order valence-corrected chi connectivity index (χ0v) is 11.3. The summed E-state index contributed by atoms with van der Waals surface area (Å²) >= 11 is 0. The average Bonchev–Trinajstić information content (AvgIpc) is 2.89. The minimum absolute atomic E-state index is 0.247. The summed E-state index contributed by atoms with van der Waals surface area (Å²) < 4.78 is 1.92. The number of aromatic nitrogens is 2. The number of imidazole rings is 1. The van der Waals surface area contributed by atoms with Crippen LogP contribution in [0.15, 0.2) is 56.0 Å². The molecule has 0 saturated heterocycles. The maximum Gasteiger partial charge on any atom is 0.320 e. The molecular weight excluding hydrogens is 254 g/mol. The molecule has 1 aromatic carbocycles. The molecule has 0 saturated carbocycles. The van der Waals surface area contributed by atoms with E-state index in [0.29, 0.717) is 5.69 Å². The lowest BCUT2D eigenvalue weighted by molar-refractivity contribution is -0.138. The molecule has 5 nitrogen and oxygen atoms in total. The maximum absolute atomic E-state index is 10.6. The molecule has 0 aliphatic rings. The first kappa shape index (κ1) is 15.7. The zero-order chi connectivity index (χ0) is 15.0. The molecule has 0 amide bonds. The summed E-state index contributed by atoms with van der Waals surface area (Å²) in [5, 5.41) is 8.73. The third-order valence-electron chi connectivity index (χ3n) is 2.64. The van der Waals surface area contributed by atoms with Crippen LogP contribution in [0.2, 0.25) is 0 Å². The fraction of sp³-hybridized carbons (Fsp3) is 0.200. The largest absolute Gasteiger partial charge is 0.480 e. The molecule has 1 atom stereocenters. The van der Waals surface area contributed by atoms with Crippen LogP contribution in [0.1, 0.15) is 11.3 Å². The van der Waals surface area contributed by atoms with Crippen LogP contribution in [-0.4, -0.2) is 26.7 Å². The summed E-state index contributed by atoms with van der Waals surface area (Å²) in [6.45, 7) is 6.72. The number of nitrogens with zero attached hydrogens (tertiary/aromatic N) is 2. The average molecular weight is 273 g/mol. The Labute approximate surface area is 118 Å². The summed E-state index contributed by atoms with van der Waals surface area (Å²) in [6, 6.07) is 9.09. The predicted molar refractivity (Wildman–Crippen MR) is 78.3 cm³/mol. The Morgan fingerprint density at radius 2 is 2.00 bits per heavy atom. The lowest BCUT2D eigenvalue weighted by atomic mass is 10.2. The minimum atomic E-state index is -1.01. The summed E-state index contributed by atoms with van der Waals surface area (Å²) in [6.07, 6.45) is 3.77. The number of hydrogen-bond acceptors (Lipinski definition) is 3. The number of carboxylic acid groups (broad SMARTS) is 1. The Morgan fingerprint density at radius 1 is 1.35 bits per heavy atom. The molecule has 0 radical (unpaired) electrons. The molecule has 0 unspecified atom stereocenters. The second-order valence-electron chi connectivity index (χ2n) is 4.17. The number of rotatable bonds is 5. The van der Waals surface area contributed by atoms with Crippen LogP contribution in [-0.2, 0) is 17.8 Å². The molecule has 0 aliphatic heterocycles. The number of aliphatic carboxylic acids is 1. The fourth-order valence-electron chi connectivity index (χ4n) is 1.71. The molecule has 2 aromatic rings. The first-order chi connectivity index (χ1) is 9.65. The van der Waals surface area contributed by atoms with E-state index in [4.69, 9.17) is 10.8 Å². The van der Waals surface area contributed by atoms with Crippen molar-refractivity contribution in [2.45, 2.75) is 19.0 Å². The van der Waals surface area contributed by atoms with Gasteiger partial charge in [-0.05, 0) is 5.56 Å². The van der Waals surface area contributed by atoms with Crippen LogP contribution in [0.25, 0.3) is 0 Å². The van der Waals surface area contributed by atoms with Crippen LogP contribution in [0, 0.1) is 0 Å². The van der Waals surface area contributed by atoms with E-state index in [9.17, 15) is 4.79 Å². The third kappa shape index (κ3) is 4.70. The van der Waals surface area contributed by atoms with E-state index in [0.717, 1.165) is 6.54 Å². The van der Waals surface area contributed by atoms with E-state index in [1.54, 1.807) is 6.33 Å². The van der Waals surface area contributed by atoms with E-state index < -0.39 is 12.0 Å². The van der Waals surface area contributed by atoms with Gasteiger partial charge in [0.2, 0.25) is 0 Å². The van der Waals surface area contributed by atoms with Gasteiger partial charge < -0.3 is 15.4 Å². The molecule has 5 heteroatoms. The monoisotopic (exact) mass is 273 g/mol. The molecule has 0 spiro atoms. The molecule has 0 fully saturated rings. The Hall–Kier alpha value is -2.40. The molecule has 0 bridgehead atoms. The Bertz CT molecular complexity index is 537. The van der Waals surface area contributed by atoms with Crippen molar-refractivity contribution in [2.75, 3.05) is 0 Å². The van der Waals surface area contributed by atoms with Crippen molar-refractivity contribution in [3.05, 3.63) is 67.3 Å². The SMILES string of the molecule is C=C.N[C@@H](Cc1cn(Cc2ccccc2)cn1)C(=O)O. The van der Waals surface area contributed by atoms with Gasteiger partial charge >= 0.3 is 5.97 Å². The van der Waals surface area contributed by atoms with Crippen LogP contribution in [0.3, 0.4) is 0 Å². The predicted octanol–water partition coefficient (Wildman–Crippen LogP) is 1.69. The molecule has 3 N–H and O–H groups in total. The highest BCUT2D eigenvalue weighted by Crippen LogP contribution is 2.05. The van der Waals surface area contributed by atoms with Gasteiger partial charge in [-0.2, -0.15) is 0 Å².